The van der Waals surface area contributed by atoms with Crippen molar-refractivity contribution in [1.29, 1.82) is 0 Å². The van der Waals surface area contributed by atoms with E-state index in [0.29, 0.717) is 24.5 Å². The molecule has 2 heterocycles. The van der Waals surface area contributed by atoms with Crippen molar-refractivity contribution in [2.75, 3.05) is 44.7 Å². The lowest BCUT2D eigenvalue weighted by molar-refractivity contribution is -0.135. The van der Waals surface area contributed by atoms with Gasteiger partial charge in [-0.1, -0.05) is 19.9 Å². The van der Waals surface area contributed by atoms with Crippen LogP contribution in [-0.4, -0.2) is 67.5 Å². The first kappa shape index (κ1) is 17.7. The third-order valence-corrected chi connectivity index (χ3v) is 4.92. The summed E-state index contributed by atoms with van der Waals surface area (Å²) in [7, 11) is 2.06. The maximum absolute atomic E-state index is 12.9. The highest BCUT2D eigenvalue weighted by Crippen LogP contribution is 2.36. The van der Waals surface area contributed by atoms with Crippen LogP contribution >= 0.6 is 0 Å². The smallest absolute Gasteiger partial charge is 0.268 e. The zero-order valence-corrected chi connectivity index (χ0v) is 15.5. The van der Waals surface area contributed by atoms with Crippen LogP contribution in [-0.2, 0) is 9.59 Å². The second-order valence-corrected chi connectivity index (χ2v) is 7.36. The molecule has 0 spiro atoms. The Morgan fingerprint density at radius 1 is 1.24 bits per heavy atom. The average molecular weight is 345 g/mol. The van der Waals surface area contributed by atoms with E-state index in [0.717, 1.165) is 18.7 Å². The Balaban J connectivity index is 1.84. The first-order chi connectivity index (χ1) is 11.9. The summed E-state index contributed by atoms with van der Waals surface area (Å²) in [5, 5.41) is 0. The Morgan fingerprint density at radius 3 is 2.56 bits per heavy atom. The summed E-state index contributed by atoms with van der Waals surface area (Å²) < 4.78 is 5.91. The van der Waals surface area contributed by atoms with Crippen LogP contribution in [0.25, 0.3) is 0 Å². The van der Waals surface area contributed by atoms with Crippen LogP contribution in [0.3, 0.4) is 0 Å². The van der Waals surface area contributed by atoms with Crippen LogP contribution in [0.5, 0.6) is 5.75 Å². The Morgan fingerprint density at radius 2 is 1.92 bits per heavy atom. The Bertz CT molecular complexity index is 666. The summed E-state index contributed by atoms with van der Waals surface area (Å²) in [5.74, 6) is 0.590. The number of rotatable bonds is 3. The molecule has 1 aromatic rings. The molecule has 6 nitrogen and oxygen atoms in total. The summed E-state index contributed by atoms with van der Waals surface area (Å²) in [6.07, 6.45) is -0.546. The van der Waals surface area contributed by atoms with Gasteiger partial charge in [-0.05, 0) is 37.6 Å². The maximum atomic E-state index is 12.9. The lowest BCUT2D eigenvalue weighted by atomic mass is 10.0. The third-order valence-electron chi connectivity index (χ3n) is 4.92. The molecule has 0 aliphatic carbocycles. The SMILES string of the molecule is Cc1ccc2c(c1)N(CC(=O)N1CCN(C)CC1)C(=O)[C@H](C(C)C)O2. The lowest BCUT2D eigenvalue weighted by Crippen LogP contribution is -2.54. The summed E-state index contributed by atoms with van der Waals surface area (Å²) in [6.45, 7) is 9.13. The lowest BCUT2D eigenvalue weighted by Gasteiger charge is -2.38. The number of amides is 2. The third kappa shape index (κ3) is 3.63. The molecule has 25 heavy (non-hydrogen) atoms. The van der Waals surface area contributed by atoms with Crippen LogP contribution in [0.2, 0.25) is 0 Å². The van der Waals surface area contributed by atoms with E-state index in [1.54, 1.807) is 4.90 Å². The van der Waals surface area contributed by atoms with Crippen LogP contribution in [0, 0.1) is 12.8 Å². The minimum atomic E-state index is -0.546. The highest BCUT2D eigenvalue weighted by atomic mass is 16.5. The molecule has 0 unspecified atom stereocenters. The number of ether oxygens (including phenoxy) is 1. The molecule has 1 saturated heterocycles. The van der Waals surface area contributed by atoms with E-state index in [9.17, 15) is 9.59 Å². The Labute approximate surface area is 149 Å². The number of aryl methyl sites for hydroxylation is 1. The fourth-order valence-electron chi connectivity index (χ4n) is 3.27. The van der Waals surface area contributed by atoms with Gasteiger partial charge in [-0.15, -0.1) is 0 Å². The highest BCUT2D eigenvalue weighted by Gasteiger charge is 2.38. The fraction of sp³-hybridized carbons (Fsp3) is 0.579. The van der Waals surface area contributed by atoms with E-state index in [4.69, 9.17) is 4.74 Å². The molecule has 0 radical (unpaired) electrons. The molecule has 6 heteroatoms. The van der Waals surface area contributed by atoms with Crippen molar-refractivity contribution in [1.82, 2.24) is 9.80 Å². The van der Waals surface area contributed by atoms with Crippen molar-refractivity contribution in [3.63, 3.8) is 0 Å². The number of benzene rings is 1. The number of nitrogens with zero attached hydrogens (tertiary/aromatic N) is 3. The average Bonchev–Trinajstić information content (AvgIpc) is 2.57. The first-order valence-corrected chi connectivity index (χ1v) is 8.92. The maximum Gasteiger partial charge on any atom is 0.268 e. The molecule has 2 aliphatic rings. The highest BCUT2D eigenvalue weighted by molar-refractivity contribution is 6.04. The first-order valence-electron chi connectivity index (χ1n) is 8.92. The van der Waals surface area contributed by atoms with E-state index >= 15 is 0 Å². The number of likely N-dealkylation sites (N-methyl/N-ethyl adjacent to an activating group) is 1. The molecule has 0 saturated carbocycles. The number of anilines is 1. The minimum Gasteiger partial charge on any atom is -0.478 e. The van der Waals surface area contributed by atoms with Crippen molar-refractivity contribution < 1.29 is 14.3 Å². The zero-order valence-electron chi connectivity index (χ0n) is 15.5. The molecule has 136 valence electrons. The van der Waals surface area contributed by atoms with Crippen molar-refractivity contribution in [3.05, 3.63) is 23.8 Å². The number of hydrogen-bond acceptors (Lipinski definition) is 4. The van der Waals surface area contributed by atoms with E-state index < -0.39 is 6.10 Å². The summed E-state index contributed by atoms with van der Waals surface area (Å²) in [5.41, 5.74) is 1.74. The molecule has 0 aromatic heterocycles. The molecule has 0 bridgehead atoms. The molecule has 0 N–H and O–H groups in total. The van der Waals surface area contributed by atoms with Crippen molar-refractivity contribution in [2.24, 2.45) is 5.92 Å². The monoisotopic (exact) mass is 345 g/mol. The Hall–Kier alpha value is -2.08. The van der Waals surface area contributed by atoms with E-state index in [-0.39, 0.29) is 24.3 Å². The standard InChI is InChI=1S/C19H27N3O3/c1-13(2)18-19(24)22(15-11-14(3)5-6-16(15)25-18)12-17(23)21-9-7-20(4)8-10-21/h5-6,11,13,18H,7-10,12H2,1-4H3/t18-/m0/s1. The van der Waals surface area contributed by atoms with Gasteiger partial charge in [0.2, 0.25) is 5.91 Å². The second-order valence-electron chi connectivity index (χ2n) is 7.36. The molecule has 2 aliphatic heterocycles. The normalized spacial score (nSPS) is 21.3. The van der Waals surface area contributed by atoms with E-state index in [1.807, 2.05) is 43.9 Å². The predicted octanol–water partition coefficient (Wildman–Crippen LogP) is 1.52. The van der Waals surface area contributed by atoms with Gasteiger partial charge in [0.1, 0.15) is 12.3 Å². The minimum absolute atomic E-state index is 0.00156. The molecular weight excluding hydrogens is 318 g/mol. The number of piperazine rings is 1. The number of carbonyl (C=O) groups excluding carboxylic acids is 2. The molecule has 3 rings (SSSR count). The molecule has 1 fully saturated rings. The van der Waals surface area contributed by atoms with Gasteiger partial charge in [-0.2, -0.15) is 0 Å². The number of fused-ring (bicyclic) bond motifs is 1. The fourth-order valence-corrected chi connectivity index (χ4v) is 3.27. The zero-order chi connectivity index (χ0) is 18.1. The summed E-state index contributed by atoms with van der Waals surface area (Å²) >= 11 is 0. The van der Waals surface area contributed by atoms with Gasteiger partial charge in [0, 0.05) is 26.2 Å². The molecule has 1 aromatic carbocycles. The van der Waals surface area contributed by atoms with Gasteiger partial charge >= 0.3 is 0 Å². The second kappa shape index (κ2) is 7.04. The largest absolute Gasteiger partial charge is 0.478 e. The van der Waals surface area contributed by atoms with Gasteiger partial charge in [-0.3, -0.25) is 14.5 Å². The predicted molar refractivity (Wildman–Crippen MR) is 96.9 cm³/mol. The van der Waals surface area contributed by atoms with Crippen molar-refractivity contribution >= 4 is 17.5 Å². The van der Waals surface area contributed by atoms with Gasteiger partial charge in [-0.25, -0.2) is 0 Å². The number of carbonyl (C=O) groups is 2. The Kier molecular flexibility index (Phi) is 4.99. The van der Waals surface area contributed by atoms with Crippen LogP contribution in [0.1, 0.15) is 19.4 Å². The summed E-state index contributed by atoms with van der Waals surface area (Å²) in [4.78, 5) is 31.4. The van der Waals surface area contributed by atoms with Gasteiger partial charge < -0.3 is 14.5 Å². The van der Waals surface area contributed by atoms with Crippen LogP contribution in [0.15, 0.2) is 18.2 Å². The topological polar surface area (TPSA) is 53.1 Å². The van der Waals surface area contributed by atoms with Gasteiger partial charge in [0.05, 0.1) is 5.69 Å². The quantitative estimate of drug-likeness (QED) is 0.833. The molecule has 2 amide bonds. The van der Waals surface area contributed by atoms with E-state index in [1.165, 1.54) is 0 Å². The van der Waals surface area contributed by atoms with Crippen LogP contribution in [0.4, 0.5) is 5.69 Å². The van der Waals surface area contributed by atoms with Gasteiger partial charge in [0.15, 0.2) is 6.10 Å². The number of hydrogen-bond donors (Lipinski definition) is 0. The van der Waals surface area contributed by atoms with Gasteiger partial charge in [0.25, 0.3) is 5.91 Å². The van der Waals surface area contributed by atoms with Crippen molar-refractivity contribution in [3.8, 4) is 5.75 Å². The molecular formula is C19H27N3O3. The van der Waals surface area contributed by atoms with Crippen molar-refractivity contribution in [2.45, 2.75) is 26.9 Å². The van der Waals surface area contributed by atoms with Crippen LogP contribution < -0.4 is 9.64 Å². The summed E-state index contributed by atoms with van der Waals surface area (Å²) in [6, 6.07) is 5.77. The van der Waals surface area contributed by atoms with E-state index in [2.05, 4.69) is 11.9 Å². The molecule has 1 atom stereocenters.